The van der Waals surface area contributed by atoms with Crippen molar-refractivity contribution in [3.63, 3.8) is 0 Å². The second-order valence-corrected chi connectivity index (χ2v) is 4.63. The highest BCUT2D eigenvalue weighted by Crippen LogP contribution is 2.02. The van der Waals surface area contributed by atoms with Gasteiger partial charge in [-0.05, 0) is 39.8 Å². The van der Waals surface area contributed by atoms with Crippen LogP contribution in [0, 0.1) is 0 Å². The molecule has 0 spiro atoms. The van der Waals surface area contributed by atoms with Gasteiger partial charge in [0.2, 0.25) is 0 Å². The van der Waals surface area contributed by atoms with Gasteiger partial charge in [-0.15, -0.1) is 0 Å². The summed E-state index contributed by atoms with van der Waals surface area (Å²) in [6.07, 6.45) is 1.79. The molecule has 0 radical (unpaired) electrons. The van der Waals surface area contributed by atoms with Crippen LogP contribution in [0.1, 0.15) is 27.7 Å². The molecule has 0 bridgehead atoms. The van der Waals surface area contributed by atoms with Crippen LogP contribution >= 0.6 is 0 Å². The van der Waals surface area contributed by atoms with Crippen LogP contribution in [0.3, 0.4) is 0 Å². The van der Waals surface area contributed by atoms with Gasteiger partial charge in [-0.2, -0.15) is 0 Å². The molecule has 4 nitrogen and oxygen atoms in total. The summed E-state index contributed by atoms with van der Waals surface area (Å²) in [6.45, 7) is 8.01. The molecule has 0 aliphatic rings. The average Bonchev–Trinajstić information content (AvgIpc) is 2.30. The molecule has 0 fully saturated rings. The van der Waals surface area contributed by atoms with Gasteiger partial charge < -0.3 is 4.90 Å². The highest BCUT2D eigenvalue weighted by atomic mass is 15.1. The Hall–Kier alpha value is -1.67. The number of nitrogens with zero attached hydrogens (tertiary/aromatic N) is 4. The van der Waals surface area contributed by atoms with Gasteiger partial charge in [0.15, 0.2) is 0 Å². The summed E-state index contributed by atoms with van der Waals surface area (Å²) in [5.41, 5.74) is 0. The maximum absolute atomic E-state index is 4.10. The number of anilines is 1. The van der Waals surface area contributed by atoms with Gasteiger partial charge in [-0.25, -0.2) is 15.0 Å². The lowest BCUT2D eigenvalue weighted by Gasteiger charge is -2.08. The highest BCUT2D eigenvalue weighted by molar-refractivity contribution is 5.41. The smallest absolute Gasteiger partial charge is 0.127 e. The van der Waals surface area contributed by atoms with E-state index in [2.05, 4.69) is 21.0 Å². The molecular formula is C14H24N4. The molecule has 0 saturated heterocycles. The van der Waals surface area contributed by atoms with E-state index in [4.69, 9.17) is 0 Å². The van der Waals surface area contributed by atoms with Crippen molar-refractivity contribution in [1.82, 2.24) is 4.98 Å². The normalized spacial score (nSPS) is 9.33. The van der Waals surface area contributed by atoms with Crippen molar-refractivity contribution in [2.75, 3.05) is 19.0 Å². The number of rotatable bonds is 3. The predicted molar refractivity (Wildman–Crippen MR) is 78.7 cm³/mol. The van der Waals surface area contributed by atoms with Gasteiger partial charge >= 0.3 is 0 Å². The van der Waals surface area contributed by atoms with E-state index < -0.39 is 0 Å². The Morgan fingerprint density at radius 3 is 1.89 bits per heavy atom. The molecule has 18 heavy (non-hydrogen) atoms. The molecular weight excluding hydrogens is 224 g/mol. The van der Waals surface area contributed by atoms with Crippen LogP contribution in [0.2, 0.25) is 0 Å². The summed E-state index contributed by atoms with van der Waals surface area (Å²) in [5, 5.41) is 0. The van der Waals surface area contributed by atoms with E-state index in [0.717, 1.165) is 5.82 Å². The third-order valence-corrected chi connectivity index (χ3v) is 1.74. The van der Waals surface area contributed by atoms with Crippen molar-refractivity contribution in [3.8, 4) is 0 Å². The van der Waals surface area contributed by atoms with Crippen LogP contribution in [0.5, 0.6) is 0 Å². The number of pyridine rings is 1. The lowest BCUT2D eigenvalue weighted by molar-refractivity contribution is 0.818. The molecule has 1 aromatic heterocycles. The highest BCUT2D eigenvalue weighted by Gasteiger charge is 1.89. The molecule has 1 heterocycles. The third-order valence-electron chi connectivity index (χ3n) is 1.74. The first kappa shape index (κ1) is 16.3. The van der Waals surface area contributed by atoms with Crippen LogP contribution in [0.25, 0.3) is 0 Å². The van der Waals surface area contributed by atoms with Gasteiger partial charge in [-0.1, -0.05) is 6.07 Å². The van der Waals surface area contributed by atoms with Crippen molar-refractivity contribution < 1.29 is 0 Å². The lowest BCUT2D eigenvalue weighted by Crippen LogP contribution is -2.09. The quantitative estimate of drug-likeness (QED) is 0.771. The molecule has 0 atom stereocenters. The molecule has 100 valence electrons. The van der Waals surface area contributed by atoms with Crippen LogP contribution in [0.15, 0.2) is 34.4 Å². The van der Waals surface area contributed by atoms with Crippen LogP contribution < -0.4 is 4.90 Å². The maximum atomic E-state index is 4.10. The number of aromatic nitrogens is 1. The predicted octanol–water partition coefficient (Wildman–Crippen LogP) is 3.12. The molecule has 0 saturated carbocycles. The van der Waals surface area contributed by atoms with E-state index in [1.54, 1.807) is 6.20 Å². The molecule has 0 N–H and O–H groups in total. The Balaban J connectivity index is 0.000000321. The first-order chi connectivity index (χ1) is 8.43. The van der Waals surface area contributed by atoms with Crippen molar-refractivity contribution >= 4 is 11.8 Å². The molecule has 4 heteroatoms. The largest absolute Gasteiger partial charge is 0.363 e. The summed E-state index contributed by atoms with van der Waals surface area (Å²) in [5.74, 6) is 0.998. The summed E-state index contributed by atoms with van der Waals surface area (Å²) in [4.78, 5) is 14.0. The molecule has 1 aromatic rings. The van der Waals surface area contributed by atoms with E-state index in [1.807, 2.05) is 64.9 Å². The second-order valence-electron chi connectivity index (χ2n) is 4.63. The van der Waals surface area contributed by atoms with E-state index in [-0.39, 0.29) is 0 Å². The zero-order chi connectivity index (χ0) is 14.0. The van der Waals surface area contributed by atoms with Crippen molar-refractivity contribution in [1.29, 1.82) is 0 Å². The Labute approximate surface area is 110 Å². The second kappa shape index (κ2) is 9.37. The first-order valence-corrected chi connectivity index (χ1v) is 6.16. The fraction of sp³-hybridized carbons (Fsp3) is 0.571. The number of hydrogen-bond donors (Lipinski definition) is 0. The topological polar surface area (TPSA) is 40.9 Å². The number of hydrogen-bond acceptors (Lipinski definition) is 4. The molecule has 0 aliphatic heterocycles. The number of aliphatic imine (C=N–C) groups is 2. The Morgan fingerprint density at radius 2 is 1.61 bits per heavy atom. The summed E-state index contributed by atoms with van der Waals surface area (Å²) in [6, 6.07) is 9.12. The SMILES string of the molecule is CC(C)N=C=NC(C)C.CN(C)c1ccccn1. The first-order valence-electron chi connectivity index (χ1n) is 6.16. The Bertz CT molecular complexity index is 351. The van der Waals surface area contributed by atoms with Gasteiger partial charge in [0, 0.05) is 20.3 Å². The van der Waals surface area contributed by atoms with Crippen LogP contribution in [0.4, 0.5) is 5.82 Å². The van der Waals surface area contributed by atoms with Crippen molar-refractivity contribution in [2.24, 2.45) is 9.98 Å². The fourth-order valence-electron chi connectivity index (χ4n) is 0.883. The van der Waals surface area contributed by atoms with E-state index in [0.29, 0.717) is 12.1 Å². The van der Waals surface area contributed by atoms with Gasteiger partial charge in [0.05, 0.1) is 18.1 Å². The van der Waals surface area contributed by atoms with Gasteiger partial charge in [0.1, 0.15) is 5.82 Å². The summed E-state index contributed by atoms with van der Waals surface area (Å²) >= 11 is 0. The minimum atomic E-state index is 0.312. The van der Waals surface area contributed by atoms with Crippen LogP contribution in [-0.4, -0.2) is 37.2 Å². The Morgan fingerprint density at radius 1 is 1.06 bits per heavy atom. The lowest BCUT2D eigenvalue weighted by atomic mass is 10.4. The van der Waals surface area contributed by atoms with Crippen LogP contribution in [-0.2, 0) is 0 Å². The third kappa shape index (κ3) is 9.55. The molecule has 0 amide bonds. The minimum Gasteiger partial charge on any atom is -0.363 e. The summed E-state index contributed by atoms with van der Waals surface area (Å²) in [7, 11) is 3.95. The standard InChI is InChI=1S/C7H10N2.C7H14N2/c1-9(2)7-5-3-4-6-8-7;1-6(2)8-5-9-7(3)4/h3-6H,1-2H3;6-7H,1-4H3. The zero-order valence-electron chi connectivity index (χ0n) is 12.3. The minimum absolute atomic E-state index is 0.312. The molecule has 0 unspecified atom stereocenters. The van der Waals surface area contributed by atoms with E-state index in [1.165, 1.54) is 0 Å². The maximum Gasteiger partial charge on any atom is 0.127 e. The summed E-state index contributed by atoms with van der Waals surface area (Å²) < 4.78 is 0. The zero-order valence-corrected chi connectivity index (χ0v) is 12.3. The molecule has 0 aliphatic carbocycles. The fourth-order valence-corrected chi connectivity index (χ4v) is 0.883. The molecule has 1 rings (SSSR count). The van der Waals surface area contributed by atoms with Gasteiger partial charge in [0.25, 0.3) is 0 Å². The van der Waals surface area contributed by atoms with Gasteiger partial charge in [-0.3, -0.25) is 0 Å². The van der Waals surface area contributed by atoms with E-state index in [9.17, 15) is 0 Å². The van der Waals surface area contributed by atoms with Crippen molar-refractivity contribution in [3.05, 3.63) is 24.4 Å². The molecule has 0 aromatic carbocycles. The van der Waals surface area contributed by atoms with E-state index >= 15 is 0 Å². The average molecular weight is 248 g/mol. The Kier molecular flexibility index (Phi) is 8.50. The monoisotopic (exact) mass is 248 g/mol. The van der Waals surface area contributed by atoms with Crippen molar-refractivity contribution in [2.45, 2.75) is 39.8 Å².